The highest BCUT2D eigenvalue weighted by Gasteiger charge is 2.36. The van der Waals surface area contributed by atoms with Crippen molar-refractivity contribution in [1.29, 1.82) is 0 Å². The van der Waals surface area contributed by atoms with Gasteiger partial charge in [-0.2, -0.15) is 4.31 Å². The molecule has 0 aliphatic carbocycles. The van der Waals surface area contributed by atoms with E-state index in [0.717, 1.165) is 12.8 Å². The monoisotopic (exact) mass is 305 g/mol. The van der Waals surface area contributed by atoms with E-state index in [1.165, 1.54) is 22.8 Å². The lowest BCUT2D eigenvalue weighted by atomic mass is 9.96. The highest BCUT2D eigenvalue weighted by molar-refractivity contribution is 7.91. The van der Waals surface area contributed by atoms with Gasteiger partial charge < -0.3 is 9.84 Å². The van der Waals surface area contributed by atoms with E-state index in [2.05, 4.69) is 0 Å². The Labute approximate surface area is 117 Å². The zero-order chi connectivity index (χ0) is 14.0. The van der Waals surface area contributed by atoms with Crippen molar-refractivity contribution < 1.29 is 18.3 Å². The van der Waals surface area contributed by atoms with Crippen LogP contribution in [0.2, 0.25) is 0 Å². The number of aliphatic hydroxyl groups excluding tert-OH is 1. The summed E-state index contributed by atoms with van der Waals surface area (Å²) in [5.74, 6) is 0.417. The van der Waals surface area contributed by atoms with Crippen LogP contribution >= 0.6 is 11.3 Å². The molecule has 19 heavy (non-hydrogen) atoms. The number of hydrogen-bond donors (Lipinski definition) is 1. The van der Waals surface area contributed by atoms with Gasteiger partial charge in [0.05, 0.1) is 7.11 Å². The summed E-state index contributed by atoms with van der Waals surface area (Å²) in [6.45, 7) is 2.31. The van der Waals surface area contributed by atoms with E-state index in [9.17, 15) is 13.5 Å². The fourth-order valence-electron chi connectivity index (χ4n) is 2.36. The van der Waals surface area contributed by atoms with E-state index in [4.69, 9.17) is 4.74 Å². The topological polar surface area (TPSA) is 66.8 Å². The molecular formula is C12H19NO4S2. The van der Waals surface area contributed by atoms with Gasteiger partial charge in [0.1, 0.15) is 5.75 Å². The van der Waals surface area contributed by atoms with E-state index in [1.807, 2.05) is 6.92 Å². The van der Waals surface area contributed by atoms with Crippen LogP contribution in [0.1, 0.15) is 19.8 Å². The van der Waals surface area contributed by atoms with E-state index < -0.39 is 10.0 Å². The SMILES string of the molecule is COc1ccsc1S(=O)(=O)N1C[C@@H](CO)CC[C@H]1C. The molecule has 108 valence electrons. The van der Waals surface area contributed by atoms with Gasteiger partial charge in [-0.1, -0.05) is 0 Å². The Morgan fingerprint density at radius 2 is 2.26 bits per heavy atom. The third-order valence-electron chi connectivity index (χ3n) is 3.54. The van der Waals surface area contributed by atoms with Crippen LogP contribution < -0.4 is 4.74 Å². The van der Waals surface area contributed by atoms with Crippen molar-refractivity contribution in [2.24, 2.45) is 5.92 Å². The highest BCUT2D eigenvalue weighted by Crippen LogP contribution is 2.35. The number of ether oxygens (including phenoxy) is 1. The Balaban J connectivity index is 2.32. The van der Waals surface area contributed by atoms with Crippen LogP contribution in [-0.4, -0.2) is 44.1 Å². The number of aliphatic hydroxyl groups is 1. The Hall–Kier alpha value is -0.630. The first kappa shape index (κ1) is 14.8. The molecule has 1 aliphatic rings. The molecule has 1 saturated heterocycles. The van der Waals surface area contributed by atoms with Crippen LogP contribution in [0.4, 0.5) is 0 Å². The van der Waals surface area contributed by atoms with Crippen molar-refractivity contribution in [1.82, 2.24) is 4.31 Å². The zero-order valence-corrected chi connectivity index (χ0v) is 12.7. The maximum atomic E-state index is 12.7. The maximum Gasteiger partial charge on any atom is 0.256 e. The summed E-state index contributed by atoms with van der Waals surface area (Å²) in [6, 6.07) is 1.62. The van der Waals surface area contributed by atoms with Gasteiger partial charge in [-0.15, -0.1) is 11.3 Å². The van der Waals surface area contributed by atoms with Crippen molar-refractivity contribution >= 4 is 21.4 Å². The Morgan fingerprint density at radius 3 is 2.89 bits per heavy atom. The minimum atomic E-state index is -3.54. The van der Waals surface area contributed by atoms with E-state index >= 15 is 0 Å². The third-order valence-corrected chi connectivity index (χ3v) is 6.94. The van der Waals surface area contributed by atoms with Crippen molar-refractivity contribution in [2.45, 2.75) is 30.0 Å². The molecule has 0 aromatic carbocycles. The summed E-state index contributed by atoms with van der Waals surface area (Å²) < 4.78 is 32.2. The number of rotatable bonds is 4. The number of piperidine rings is 1. The highest BCUT2D eigenvalue weighted by atomic mass is 32.2. The smallest absolute Gasteiger partial charge is 0.256 e. The molecule has 7 heteroatoms. The lowest BCUT2D eigenvalue weighted by molar-refractivity contribution is 0.139. The van der Waals surface area contributed by atoms with Crippen LogP contribution in [0.25, 0.3) is 0 Å². The van der Waals surface area contributed by atoms with Crippen molar-refractivity contribution in [3.63, 3.8) is 0 Å². The average Bonchev–Trinajstić information content (AvgIpc) is 2.88. The van der Waals surface area contributed by atoms with Crippen molar-refractivity contribution in [3.05, 3.63) is 11.4 Å². The quantitative estimate of drug-likeness (QED) is 0.916. The molecule has 0 amide bonds. The first-order valence-corrected chi connectivity index (χ1v) is 8.56. The van der Waals surface area contributed by atoms with Gasteiger partial charge in [0.2, 0.25) is 0 Å². The van der Waals surface area contributed by atoms with Gasteiger partial charge in [-0.05, 0) is 37.1 Å². The molecule has 1 N–H and O–H groups in total. The van der Waals surface area contributed by atoms with E-state index in [1.54, 1.807) is 11.4 Å². The summed E-state index contributed by atoms with van der Waals surface area (Å²) >= 11 is 1.17. The minimum absolute atomic E-state index is 0.0249. The lowest BCUT2D eigenvalue weighted by Gasteiger charge is -2.36. The van der Waals surface area contributed by atoms with Gasteiger partial charge in [-0.3, -0.25) is 0 Å². The molecule has 2 rings (SSSR count). The second-order valence-electron chi connectivity index (χ2n) is 4.83. The molecule has 2 atom stereocenters. The molecule has 0 spiro atoms. The normalized spacial score (nSPS) is 25.4. The second-order valence-corrected chi connectivity index (χ2v) is 7.83. The van der Waals surface area contributed by atoms with Crippen LogP contribution in [0, 0.1) is 5.92 Å². The van der Waals surface area contributed by atoms with Crippen molar-refractivity contribution in [2.75, 3.05) is 20.3 Å². The third kappa shape index (κ3) is 2.79. The molecular weight excluding hydrogens is 286 g/mol. The number of nitrogens with zero attached hydrogens (tertiary/aromatic N) is 1. The minimum Gasteiger partial charge on any atom is -0.494 e. The van der Waals surface area contributed by atoms with E-state index in [0.29, 0.717) is 12.3 Å². The predicted octanol–water partition coefficient (Wildman–Crippen LogP) is 1.54. The first-order chi connectivity index (χ1) is 9.00. The molecule has 0 radical (unpaired) electrons. The second kappa shape index (κ2) is 5.78. The number of sulfonamides is 1. The summed E-state index contributed by atoms with van der Waals surface area (Å²) in [5, 5.41) is 11.0. The first-order valence-electron chi connectivity index (χ1n) is 6.25. The molecule has 1 aromatic rings. The summed E-state index contributed by atoms with van der Waals surface area (Å²) in [7, 11) is -2.07. The van der Waals surface area contributed by atoms with Gasteiger partial charge in [-0.25, -0.2) is 8.42 Å². The largest absolute Gasteiger partial charge is 0.494 e. The molecule has 5 nitrogen and oxygen atoms in total. The lowest BCUT2D eigenvalue weighted by Crippen LogP contribution is -2.46. The molecule has 1 aromatic heterocycles. The summed E-state index contributed by atoms with van der Waals surface area (Å²) in [4.78, 5) is 0. The fraction of sp³-hybridized carbons (Fsp3) is 0.667. The van der Waals surface area contributed by atoms with Crippen LogP contribution in [0.5, 0.6) is 5.75 Å². The van der Waals surface area contributed by atoms with Crippen LogP contribution in [-0.2, 0) is 10.0 Å². The molecule has 1 aliphatic heterocycles. The summed E-state index contributed by atoms with van der Waals surface area (Å²) in [6.07, 6.45) is 1.64. The standard InChI is InChI=1S/C12H19NO4S2/c1-9-3-4-10(8-14)7-13(9)19(15,16)12-11(17-2)5-6-18-12/h5-6,9-10,14H,3-4,7-8H2,1-2H3/t9-,10+/m1/s1. The number of hydrogen-bond acceptors (Lipinski definition) is 5. The van der Waals surface area contributed by atoms with Crippen LogP contribution in [0.3, 0.4) is 0 Å². The van der Waals surface area contributed by atoms with Gasteiger partial charge in [0.25, 0.3) is 10.0 Å². The van der Waals surface area contributed by atoms with Crippen LogP contribution in [0.15, 0.2) is 15.7 Å². The molecule has 0 saturated carbocycles. The van der Waals surface area contributed by atoms with Gasteiger partial charge >= 0.3 is 0 Å². The fourth-order valence-corrected chi connectivity index (χ4v) is 5.49. The molecule has 0 unspecified atom stereocenters. The summed E-state index contributed by atoms with van der Waals surface area (Å²) in [5.41, 5.74) is 0. The number of thiophene rings is 1. The van der Waals surface area contributed by atoms with Gasteiger partial charge in [0.15, 0.2) is 4.21 Å². The Bertz CT molecular complexity index is 526. The van der Waals surface area contributed by atoms with E-state index in [-0.39, 0.29) is 22.8 Å². The molecule has 2 heterocycles. The molecule has 1 fully saturated rings. The van der Waals surface area contributed by atoms with Crippen molar-refractivity contribution in [3.8, 4) is 5.75 Å². The number of methoxy groups -OCH3 is 1. The predicted molar refractivity (Wildman–Crippen MR) is 74.0 cm³/mol. The molecule has 0 bridgehead atoms. The van der Waals surface area contributed by atoms with Gasteiger partial charge in [0, 0.05) is 19.2 Å². The zero-order valence-electron chi connectivity index (χ0n) is 11.1. The Kier molecular flexibility index (Phi) is 4.50. The maximum absolute atomic E-state index is 12.7. The average molecular weight is 305 g/mol. The Morgan fingerprint density at radius 1 is 1.53 bits per heavy atom.